The van der Waals surface area contributed by atoms with E-state index in [-0.39, 0.29) is 11.5 Å². The third kappa shape index (κ3) is 4.04. The van der Waals surface area contributed by atoms with Gasteiger partial charge in [-0.2, -0.15) is 0 Å². The second-order valence-corrected chi connectivity index (χ2v) is 7.38. The lowest BCUT2D eigenvalue weighted by Crippen LogP contribution is -2.16. The summed E-state index contributed by atoms with van der Waals surface area (Å²) in [6.07, 6.45) is 3.60. The number of esters is 1. The first-order valence-corrected chi connectivity index (χ1v) is 9.75. The number of benzene rings is 2. The number of halogens is 2. The number of aromatic nitrogens is 1. The maximum absolute atomic E-state index is 13.8. The monoisotopic (exact) mass is 414 g/mol. The molecule has 2 aromatic carbocycles. The minimum Gasteiger partial charge on any atom is -0.465 e. The van der Waals surface area contributed by atoms with Crippen LogP contribution in [-0.2, 0) is 9.47 Å². The minimum atomic E-state index is -0.615. The van der Waals surface area contributed by atoms with Crippen molar-refractivity contribution in [1.29, 1.82) is 0 Å². The fraction of sp³-hybridized carbons (Fsp3) is 0.273. The lowest BCUT2D eigenvalue weighted by Gasteiger charge is -2.26. The molecule has 0 atom stereocenters. The van der Waals surface area contributed by atoms with Gasteiger partial charge in [-0.15, -0.1) is 0 Å². The van der Waals surface area contributed by atoms with E-state index in [0.29, 0.717) is 23.9 Å². The number of nitrogens with one attached hydrogen (secondary N) is 1. The van der Waals surface area contributed by atoms with E-state index in [0.717, 1.165) is 35.0 Å². The zero-order valence-electron chi connectivity index (χ0n) is 15.9. The molecule has 29 heavy (non-hydrogen) atoms. The molecule has 0 unspecified atom stereocenters. The Kier molecular flexibility index (Phi) is 5.65. The largest absolute Gasteiger partial charge is 0.465 e. The Morgan fingerprint density at radius 3 is 2.79 bits per heavy atom. The fourth-order valence-corrected chi connectivity index (χ4v) is 3.85. The average molecular weight is 415 g/mol. The summed E-state index contributed by atoms with van der Waals surface area (Å²) in [7, 11) is 1.27. The number of rotatable bonds is 4. The van der Waals surface area contributed by atoms with Crippen molar-refractivity contribution in [2.45, 2.75) is 18.8 Å². The van der Waals surface area contributed by atoms with E-state index in [1.807, 2.05) is 18.3 Å². The van der Waals surface area contributed by atoms with Crippen LogP contribution in [0.15, 0.2) is 42.6 Å². The summed E-state index contributed by atoms with van der Waals surface area (Å²) in [5.74, 6) is -0.872. The van der Waals surface area contributed by atoms with Gasteiger partial charge < -0.3 is 14.8 Å². The molecule has 1 fully saturated rings. The van der Waals surface area contributed by atoms with Crippen molar-refractivity contribution in [3.05, 3.63) is 64.6 Å². The van der Waals surface area contributed by atoms with Crippen molar-refractivity contribution < 1.29 is 18.7 Å². The summed E-state index contributed by atoms with van der Waals surface area (Å²) < 4.78 is 24.1. The molecule has 0 bridgehead atoms. The van der Waals surface area contributed by atoms with Gasteiger partial charge in [0.15, 0.2) is 0 Å². The van der Waals surface area contributed by atoms with Crippen LogP contribution in [0.5, 0.6) is 0 Å². The van der Waals surface area contributed by atoms with Gasteiger partial charge in [-0.05, 0) is 60.7 Å². The molecule has 7 heteroatoms. The van der Waals surface area contributed by atoms with E-state index < -0.39 is 11.8 Å². The second-order valence-electron chi connectivity index (χ2n) is 6.94. The summed E-state index contributed by atoms with van der Waals surface area (Å²) in [4.78, 5) is 16.8. The molecule has 0 radical (unpaired) electrons. The SMILES string of the molecule is COC(=O)c1cc(F)ccc1Nc1c(C2CCOCC2)cnc2ccc(Cl)cc12. The van der Waals surface area contributed by atoms with Crippen molar-refractivity contribution in [3.8, 4) is 0 Å². The third-order valence-electron chi connectivity index (χ3n) is 5.17. The van der Waals surface area contributed by atoms with Crippen molar-refractivity contribution in [2.24, 2.45) is 0 Å². The standard InChI is InChI=1S/C22H20ClFN2O3/c1-28-22(27)17-11-15(24)3-5-20(17)26-21-16-10-14(23)2-4-19(16)25-12-18(21)13-6-8-29-9-7-13/h2-5,10-13H,6-9H2,1H3,(H,25,26). The van der Waals surface area contributed by atoms with Crippen LogP contribution in [0.2, 0.25) is 5.02 Å². The van der Waals surface area contributed by atoms with Gasteiger partial charge in [-0.3, -0.25) is 4.98 Å². The van der Waals surface area contributed by atoms with Crippen LogP contribution < -0.4 is 5.32 Å². The summed E-state index contributed by atoms with van der Waals surface area (Å²) in [6, 6.07) is 9.48. The van der Waals surface area contributed by atoms with E-state index in [4.69, 9.17) is 21.1 Å². The molecule has 0 saturated carbocycles. The molecule has 150 valence electrons. The highest BCUT2D eigenvalue weighted by molar-refractivity contribution is 6.31. The number of carbonyl (C=O) groups excluding carboxylic acids is 1. The van der Waals surface area contributed by atoms with Crippen LogP contribution in [0.25, 0.3) is 10.9 Å². The molecule has 0 spiro atoms. The molecule has 3 aromatic rings. The molecular weight excluding hydrogens is 395 g/mol. The van der Waals surface area contributed by atoms with Gasteiger partial charge in [0.2, 0.25) is 0 Å². The summed E-state index contributed by atoms with van der Waals surface area (Å²) in [5.41, 5.74) is 3.18. The number of hydrogen-bond acceptors (Lipinski definition) is 5. The summed E-state index contributed by atoms with van der Waals surface area (Å²) in [6.45, 7) is 1.36. The highest BCUT2D eigenvalue weighted by atomic mass is 35.5. The van der Waals surface area contributed by atoms with Crippen LogP contribution in [0, 0.1) is 5.82 Å². The molecule has 1 saturated heterocycles. The van der Waals surface area contributed by atoms with Gasteiger partial charge in [-0.1, -0.05) is 11.6 Å². The Balaban J connectivity index is 1.87. The predicted molar refractivity (Wildman–Crippen MR) is 111 cm³/mol. The Morgan fingerprint density at radius 2 is 2.03 bits per heavy atom. The smallest absolute Gasteiger partial charge is 0.340 e. The topological polar surface area (TPSA) is 60.5 Å². The molecule has 0 aliphatic carbocycles. The number of ether oxygens (including phenoxy) is 2. The zero-order valence-corrected chi connectivity index (χ0v) is 16.6. The lowest BCUT2D eigenvalue weighted by molar-refractivity contribution is 0.0601. The van der Waals surface area contributed by atoms with Gasteiger partial charge in [0.05, 0.1) is 29.6 Å². The number of hydrogen-bond donors (Lipinski definition) is 1. The highest BCUT2D eigenvalue weighted by Crippen LogP contribution is 2.39. The van der Waals surface area contributed by atoms with E-state index in [1.54, 1.807) is 6.07 Å². The van der Waals surface area contributed by atoms with E-state index >= 15 is 0 Å². The van der Waals surface area contributed by atoms with Gasteiger partial charge in [0.1, 0.15) is 5.82 Å². The van der Waals surface area contributed by atoms with Crippen molar-refractivity contribution >= 4 is 39.8 Å². The Morgan fingerprint density at radius 1 is 1.24 bits per heavy atom. The quantitative estimate of drug-likeness (QED) is 0.575. The number of anilines is 2. The normalized spacial score (nSPS) is 14.7. The van der Waals surface area contributed by atoms with Gasteiger partial charge >= 0.3 is 5.97 Å². The first-order valence-electron chi connectivity index (χ1n) is 9.37. The Labute approximate surface area is 172 Å². The fourth-order valence-electron chi connectivity index (χ4n) is 3.68. The first-order chi connectivity index (χ1) is 14.1. The molecule has 1 aromatic heterocycles. The number of nitrogens with zero attached hydrogens (tertiary/aromatic N) is 1. The van der Waals surface area contributed by atoms with Crippen LogP contribution in [-0.4, -0.2) is 31.3 Å². The maximum atomic E-state index is 13.8. The molecule has 2 heterocycles. The predicted octanol–water partition coefficient (Wildman–Crippen LogP) is 5.45. The van der Waals surface area contributed by atoms with Crippen molar-refractivity contribution in [3.63, 3.8) is 0 Å². The van der Waals surface area contributed by atoms with Gasteiger partial charge in [-0.25, -0.2) is 9.18 Å². The van der Waals surface area contributed by atoms with E-state index in [9.17, 15) is 9.18 Å². The van der Waals surface area contributed by atoms with Gasteiger partial charge in [0.25, 0.3) is 0 Å². The molecule has 1 N–H and O–H groups in total. The Hall–Kier alpha value is -2.70. The van der Waals surface area contributed by atoms with Crippen LogP contribution in [0.4, 0.5) is 15.8 Å². The van der Waals surface area contributed by atoms with E-state index in [2.05, 4.69) is 10.3 Å². The Bertz CT molecular complexity index is 1070. The highest BCUT2D eigenvalue weighted by Gasteiger charge is 2.23. The van der Waals surface area contributed by atoms with Crippen LogP contribution >= 0.6 is 11.6 Å². The molecule has 5 nitrogen and oxygen atoms in total. The average Bonchev–Trinajstić information content (AvgIpc) is 2.75. The lowest BCUT2D eigenvalue weighted by atomic mass is 9.90. The molecule has 0 amide bonds. The van der Waals surface area contributed by atoms with Crippen LogP contribution in [0.3, 0.4) is 0 Å². The zero-order chi connectivity index (χ0) is 20.4. The first kappa shape index (κ1) is 19.6. The summed E-state index contributed by atoms with van der Waals surface area (Å²) >= 11 is 6.26. The van der Waals surface area contributed by atoms with Crippen molar-refractivity contribution in [2.75, 3.05) is 25.6 Å². The maximum Gasteiger partial charge on any atom is 0.340 e. The molecule has 1 aliphatic rings. The minimum absolute atomic E-state index is 0.123. The number of pyridine rings is 1. The number of methoxy groups -OCH3 is 1. The molecular formula is C22H20ClFN2O3. The molecule has 4 rings (SSSR count). The van der Waals surface area contributed by atoms with E-state index in [1.165, 1.54) is 25.3 Å². The van der Waals surface area contributed by atoms with Crippen LogP contribution in [0.1, 0.15) is 34.7 Å². The second kappa shape index (κ2) is 8.35. The molecule has 1 aliphatic heterocycles. The van der Waals surface area contributed by atoms with Gasteiger partial charge in [0, 0.05) is 29.8 Å². The van der Waals surface area contributed by atoms with Crippen molar-refractivity contribution in [1.82, 2.24) is 4.98 Å². The summed E-state index contributed by atoms with van der Waals surface area (Å²) in [5, 5.41) is 4.76. The number of fused-ring (bicyclic) bond motifs is 1. The third-order valence-corrected chi connectivity index (χ3v) is 5.40. The number of carbonyl (C=O) groups is 1.